The van der Waals surface area contributed by atoms with E-state index in [-0.39, 0.29) is 11.7 Å². The van der Waals surface area contributed by atoms with Crippen molar-refractivity contribution < 1.29 is 9.59 Å². The number of rotatable bonds is 6. The molecule has 2 aliphatic rings. The van der Waals surface area contributed by atoms with Gasteiger partial charge in [-0.3, -0.25) is 14.5 Å². The quantitative estimate of drug-likeness (QED) is 0.547. The van der Waals surface area contributed by atoms with E-state index in [1.165, 1.54) is 10.6 Å². The summed E-state index contributed by atoms with van der Waals surface area (Å²) < 4.78 is 0. The number of carbonyl (C=O) groups is 2. The van der Waals surface area contributed by atoms with Crippen molar-refractivity contribution in [2.24, 2.45) is 0 Å². The maximum Gasteiger partial charge on any atom is 0.239 e. The van der Waals surface area contributed by atoms with E-state index in [0.29, 0.717) is 17.7 Å². The summed E-state index contributed by atoms with van der Waals surface area (Å²) in [4.78, 5) is 32.2. The molecule has 1 N–H and O–H groups in total. The molecule has 170 valence electrons. The molecule has 1 fully saturated rings. The Morgan fingerprint density at radius 3 is 2.24 bits per heavy atom. The van der Waals surface area contributed by atoms with E-state index in [2.05, 4.69) is 39.4 Å². The number of benzene rings is 2. The molecule has 1 aliphatic heterocycles. The molecule has 5 rings (SSSR count). The van der Waals surface area contributed by atoms with Crippen molar-refractivity contribution in [3.05, 3.63) is 82.2 Å². The molecule has 0 unspecified atom stereocenters. The highest BCUT2D eigenvalue weighted by Crippen LogP contribution is 2.39. The zero-order valence-corrected chi connectivity index (χ0v) is 19.6. The third-order valence-electron chi connectivity index (χ3n) is 6.55. The highest BCUT2D eigenvalue weighted by molar-refractivity contribution is 7.17. The molecule has 1 amide bonds. The summed E-state index contributed by atoms with van der Waals surface area (Å²) in [5, 5.41) is 3.84. The monoisotopic (exact) mass is 459 g/mol. The molecule has 3 aromatic rings. The van der Waals surface area contributed by atoms with E-state index in [4.69, 9.17) is 0 Å². The van der Waals surface area contributed by atoms with Gasteiger partial charge in [-0.25, -0.2) is 0 Å². The summed E-state index contributed by atoms with van der Waals surface area (Å²) in [5.74, 6) is -0.0226. The first kappa shape index (κ1) is 21.9. The number of para-hydroxylation sites is 1. The third-order valence-corrected chi connectivity index (χ3v) is 7.76. The van der Waals surface area contributed by atoms with Gasteiger partial charge in [0.2, 0.25) is 5.91 Å². The van der Waals surface area contributed by atoms with E-state index in [9.17, 15) is 9.59 Å². The first-order valence-electron chi connectivity index (χ1n) is 11.8. The van der Waals surface area contributed by atoms with E-state index in [1.54, 1.807) is 11.3 Å². The Hall–Kier alpha value is -2.96. The van der Waals surface area contributed by atoms with Crippen LogP contribution in [0.2, 0.25) is 0 Å². The maximum atomic E-state index is 13.4. The summed E-state index contributed by atoms with van der Waals surface area (Å²) in [7, 11) is 0. The van der Waals surface area contributed by atoms with E-state index in [1.807, 2.05) is 36.4 Å². The van der Waals surface area contributed by atoms with Crippen LogP contribution in [-0.2, 0) is 17.6 Å². The minimum atomic E-state index is -0.0381. The smallest absolute Gasteiger partial charge is 0.239 e. The van der Waals surface area contributed by atoms with Crippen molar-refractivity contribution in [2.45, 2.75) is 25.7 Å². The SMILES string of the molecule is O=C(CN1CCN(c2ccccc2)CC1)Nc1sc2c(c1C(=O)c1ccccc1)CCCC2. The number of carbonyl (C=O) groups excluding carboxylic acids is 2. The number of aryl methyl sites for hydroxylation is 1. The summed E-state index contributed by atoms with van der Waals surface area (Å²) in [6, 6.07) is 19.8. The van der Waals surface area contributed by atoms with Crippen LogP contribution in [0.3, 0.4) is 0 Å². The number of nitrogens with zero attached hydrogens (tertiary/aromatic N) is 2. The number of thiophene rings is 1. The molecular formula is C27H29N3O2S. The normalized spacial score (nSPS) is 16.3. The predicted molar refractivity (Wildman–Crippen MR) is 135 cm³/mol. The number of fused-ring (bicyclic) bond motifs is 1. The molecule has 0 atom stereocenters. The first-order valence-corrected chi connectivity index (χ1v) is 12.6. The number of nitrogens with one attached hydrogen (secondary N) is 1. The molecule has 6 heteroatoms. The number of piperazine rings is 1. The molecule has 1 aliphatic carbocycles. The Kier molecular flexibility index (Phi) is 6.55. The number of ketones is 1. The summed E-state index contributed by atoms with van der Waals surface area (Å²) in [5.41, 5.74) is 3.76. The van der Waals surface area contributed by atoms with Gasteiger partial charge in [-0.1, -0.05) is 48.5 Å². The van der Waals surface area contributed by atoms with Gasteiger partial charge in [0.15, 0.2) is 5.78 Å². The molecular weight excluding hydrogens is 430 g/mol. The minimum Gasteiger partial charge on any atom is -0.369 e. The topological polar surface area (TPSA) is 52.7 Å². The average Bonchev–Trinajstić information content (AvgIpc) is 3.22. The Labute approximate surface area is 199 Å². The Balaban J connectivity index is 1.27. The van der Waals surface area contributed by atoms with Crippen LogP contribution < -0.4 is 10.2 Å². The lowest BCUT2D eigenvalue weighted by molar-refractivity contribution is -0.117. The maximum absolute atomic E-state index is 13.4. The van der Waals surface area contributed by atoms with Crippen molar-refractivity contribution in [3.63, 3.8) is 0 Å². The highest BCUT2D eigenvalue weighted by Gasteiger charge is 2.27. The third kappa shape index (κ3) is 4.87. The number of hydrogen-bond donors (Lipinski definition) is 1. The minimum absolute atomic E-state index is 0.0155. The van der Waals surface area contributed by atoms with Crippen molar-refractivity contribution in [1.29, 1.82) is 0 Å². The van der Waals surface area contributed by atoms with E-state index < -0.39 is 0 Å². The van der Waals surface area contributed by atoms with Gasteiger partial charge >= 0.3 is 0 Å². The van der Waals surface area contributed by atoms with Crippen LogP contribution in [0.25, 0.3) is 0 Å². The molecule has 0 saturated carbocycles. The van der Waals surface area contributed by atoms with Gasteiger partial charge in [0, 0.05) is 42.3 Å². The number of anilines is 2. The average molecular weight is 460 g/mol. The van der Waals surface area contributed by atoms with Gasteiger partial charge in [0.05, 0.1) is 12.1 Å². The van der Waals surface area contributed by atoms with E-state index >= 15 is 0 Å². The molecule has 2 heterocycles. The van der Waals surface area contributed by atoms with E-state index in [0.717, 1.165) is 62.4 Å². The van der Waals surface area contributed by atoms with Gasteiger partial charge in [-0.2, -0.15) is 0 Å². The molecule has 1 saturated heterocycles. The van der Waals surface area contributed by atoms with Crippen molar-refractivity contribution in [1.82, 2.24) is 4.90 Å². The zero-order chi connectivity index (χ0) is 22.6. The van der Waals surface area contributed by atoms with Crippen molar-refractivity contribution in [2.75, 3.05) is 42.9 Å². The standard InChI is InChI=1S/C27H29N3O2S/c31-24(19-29-15-17-30(18-16-29)21-11-5-2-6-12-21)28-27-25(22-13-7-8-14-23(22)33-27)26(32)20-9-3-1-4-10-20/h1-6,9-12H,7-8,13-19H2,(H,28,31). The molecule has 0 radical (unpaired) electrons. The fourth-order valence-electron chi connectivity index (χ4n) is 4.80. The van der Waals surface area contributed by atoms with Crippen LogP contribution in [-0.4, -0.2) is 49.3 Å². The van der Waals surface area contributed by atoms with Gasteiger partial charge < -0.3 is 10.2 Å². The Morgan fingerprint density at radius 1 is 0.848 bits per heavy atom. The Bertz CT molecular complexity index is 1120. The molecule has 2 aromatic carbocycles. The predicted octanol–water partition coefficient (Wildman–Crippen LogP) is 4.62. The highest BCUT2D eigenvalue weighted by atomic mass is 32.1. The Morgan fingerprint density at radius 2 is 1.52 bits per heavy atom. The van der Waals surface area contributed by atoms with Crippen LogP contribution >= 0.6 is 11.3 Å². The summed E-state index contributed by atoms with van der Waals surface area (Å²) in [6.45, 7) is 3.85. The fourth-order valence-corrected chi connectivity index (χ4v) is 6.10. The zero-order valence-electron chi connectivity index (χ0n) is 18.8. The molecule has 5 nitrogen and oxygen atoms in total. The van der Waals surface area contributed by atoms with Gasteiger partial charge in [0.1, 0.15) is 5.00 Å². The van der Waals surface area contributed by atoms with Gasteiger partial charge in [-0.05, 0) is 43.4 Å². The van der Waals surface area contributed by atoms with Gasteiger partial charge in [0.25, 0.3) is 0 Å². The van der Waals surface area contributed by atoms with Crippen LogP contribution in [0.4, 0.5) is 10.7 Å². The lowest BCUT2D eigenvalue weighted by atomic mass is 9.92. The molecule has 1 aromatic heterocycles. The second kappa shape index (κ2) is 9.89. The van der Waals surface area contributed by atoms with Crippen LogP contribution in [0.1, 0.15) is 39.2 Å². The largest absolute Gasteiger partial charge is 0.369 e. The molecule has 0 spiro atoms. The second-order valence-electron chi connectivity index (χ2n) is 8.76. The van der Waals surface area contributed by atoms with Crippen molar-refractivity contribution >= 4 is 33.7 Å². The number of hydrogen-bond acceptors (Lipinski definition) is 5. The van der Waals surface area contributed by atoms with Crippen LogP contribution in [0.5, 0.6) is 0 Å². The summed E-state index contributed by atoms with van der Waals surface area (Å²) in [6.07, 6.45) is 4.15. The van der Waals surface area contributed by atoms with Crippen LogP contribution in [0, 0.1) is 0 Å². The first-order chi connectivity index (χ1) is 16.2. The fraction of sp³-hybridized carbons (Fsp3) is 0.333. The lowest BCUT2D eigenvalue weighted by Crippen LogP contribution is -2.48. The lowest BCUT2D eigenvalue weighted by Gasteiger charge is -2.35. The van der Waals surface area contributed by atoms with Crippen LogP contribution in [0.15, 0.2) is 60.7 Å². The van der Waals surface area contributed by atoms with Gasteiger partial charge in [-0.15, -0.1) is 11.3 Å². The second-order valence-corrected chi connectivity index (χ2v) is 9.86. The van der Waals surface area contributed by atoms with Crippen molar-refractivity contribution in [3.8, 4) is 0 Å². The number of amides is 1. The molecule has 0 bridgehead atoms. The molecule has 33 heavy (non-hydrogen) atoms. The summed E-state index contributed by atoms with van der Waals surface area (Å²) >= 11 is 1.59.